The molecule has 1 aromatic rings. The summed E-state index contributed by atoms with van der Waals surface area (Å²) in [5.74, 6) is 0.0222. The highest BCUT2D eigenvalue weighted by atomic mass is 32.1. The molecule has 0 aliphatic heterocycles. The lowest BCUT2D eigenvalue weighted by Crippen LogP contribution is -2.14. The van der Waals surface area contributed by atoms with Crippen LogP contribution >= 0.6 is 12.2 Å². The van der Waals surface area contributed by atoms with E-state index in [1.807, 2.05) is 0 Å². The second-order valence-corrected chi connectivity index (χ2v) is 5.03. The number of hydrogen-bond donors (Lipinski definition) is 1. The molecule has 0 atom stereocenters. The van der Waals surface area contributed by atoms with Gasteiger partial charge in [0, 0.05) is 0 Å². The first-order chi connectivity index (χ1) is 9.16. The van der Waals surface area contributed by atoms with E-state index in [4.69, 9.17) is 22.7 Å². The van der Waals surface area contributed by atoms with Crippen LogP contribution in [0, 0.1) is 5.82 Å². The summed E-state index contributed by atoms with van der Waals surface area (Å²) in [5, 5.41) is 0. The third-order valence-electron chi connectivity index (χ3n) is 2.98. The Kier molecular flexibility index (Phi) is 7.41. The predicted octanol–water partition coefficient (Wildman–Crippen LogP) is 4.20. The Morgan fingerprint density at radius 1 is 1.21 bits per heavy atom. The molecule has 0 radical (unpaired) electrons. The van der Waals surface area contributed by atoms with E-state index < -0.39 is 5.82 Å². The van der Waals surface area contributed by atoms with E-state index in [1.165, 1.54) is 31.7 Å². The van der Waals surface area contributed by atoms with E-state index in [-0.39, 0.29) is 10.6 Å². The molecule has 2 nitrogen and oxygen atoms in total. The highest BCUT2D eigenvalue weighted by molar-refractivity contribution is 7.80. The van der Waals surface area contributed by atoms with Gasteiger partial charge in [0.1, 0.15) is 16.6 Å². The van der Waals surface area contributed by atoms with Crippen LogP contribution in [0.1, 0.15) is 51.0 Å². The number of nitrogens with two attached hydrogens (primary N) is 1. The molecule has 0 aliphatic rings. The minimum Gasteiger partial charge on any atom is -0.493 e. The van der Waals surface area contributed by atoms with Gasteiger partial charge in [-0.05, 0) is 18.6 Å². The van der Waals surface area contributed by atoms with E-state index in [0.29, 0.717) is 12.4 Å². The summed E-state index contributed by atoms with van der Waals surface area (Å²) in [6.07, 6.45) is 7.14. The summed E-state index contributed by atoms with van der Waals surface area (Å²) in [4.78, 5) is 0.0380. The summed E-state index contributed by atoms with van der Waals surface area (Å²) in [6.45, 7) is 2.77. The number of hydrogen-bond acceptors (Lipinski definition) is 2. The van der Waals surface area contributed by atoms with Crippen LogP contribution in [0.4, 0.5) is 4.39 Å². The molecule has 4 heteroatoms. The van der Waals surface area contributed by atoms with Gasteiger partial charge in [-0.1, -0.05) is 57.3 Å². The van der Waals surface area contributed by atoms with E-state index in [1.54, 1.807) is 12.1 Å². The maximum Gasteiger partial charge on any atom is 0.137 e. The number of unbranched alkanes of at least 4 members (excludes halogenated alkanes) is 5. The predicted molar refractivity (Wildman–Crippen MR) is 81.2 cm³/mol. The molecule has 19 heavy (non-hydrogen) atoms. The molecule has 0 bridgehead atoms. The fourth-order valence-electron chi connectivity index (χ4n) is 1.93. The lowest BCUT2D eigenvalue weighted by Gasteiger charge is -2.11. The van der Waals surface area contributed by atoms with Crippen molar-refractivity contribution < 1.29 is 9.13 Å². The van der Waals surface area contributed by atoms with Crippen molar-refractivity contribution in [1.82, 2.24) is 0 Å². The van der Waals surface area contributed by atoms with Crippen molar-refractivity contribution in [3.63, 3.8) is 0 Å². The third-order valence-corrected chi connectivity index (χ3v) is 3.18. The van der Waals surface area contributed by atoms with E-state index in [0.717, 1.165) is 12.8 Å². The van der Waals surface area contributed by atoms with Crippen LogP contribution in [0.5, 0.6) is 5.75 Å². The summed E-state index contributed by atoms with van der Waals surface area (Å²) in [7, 11) is 0. The number of thiocarbonyl (C=S) groups is 1. The average molecular weight is 283 g/mol. The highest BCUT2D eigenvalue weighted by Crippen LogP contribution is 2.21. The number of halogens is 1. The maximum atomic E-state index is 13.6. The molecule has 0 spiro atoms. The SMILES string of the molecule is CCCCCCCCOc1cccc(F)c1C(N)=S. The minimum atomic E-state index is -0.423. The monoisotopic (exact) mass is 283 g/mol. The first-order valence-corrected chi connectivity index (χ1v) is 7.28. The molecule has 1 aromatic carbocycles. The molecule has 1 rings (SSSR count). The second kappa shape index (κ2) is 8.86. The van der Waals surface area contributed by atoms with Gasteiger partial charge in [-0.3, -0.25) is 0 Å². The molecule has 0 aromatic heterocycles. The van der Waals surface area contributed by atoms with Crippen LogP contribution in [-0.4, -0.2) is 11.6 Å². The van der Waals surface area contributed by atoms with Crippen molar-refractivity contribution in [3.8, 4) is 5.75 Å². The lowest BCUT2D eigenvalue weighted by atomic mass is 10.1. The first-order valence-electron chi connectivity index (χ1n) is 6.88. The number of ether oxygens (including phenoxy) is 1. The molecular weight excluding hydrogens is 261 g/mol. The van der Waals surface area contributed by atoms with Gasteiger partial charge in [-0.2, -0.15) is 0 Å². The molecule has 0 heterocycles. The fraction of sp³-hybridized carbons (Fsp3) is 0.533. The lowest BCUT2D eigenvalue weighted by molar-refractivity contribution is 0.302. The van der Waals surface area contributed by atoms with Gasteiger partial charge >= 0.3 is 0 Å². The zero-order chi connectivity index (χ0) is 14.1. The molecule has 0 aliphatic carbocycles. The summed E-state index contributed by atoms with van der Waals surface area (Å²) >= 11 is 4.84. The Balaban J connectivity index is 2.37. The second-order valence-electron chi connectivity index (χ2n) is 4.59. The Morgan fingerprint density at radius 3 is 2.58 bits per heavy atom. The Bertz CT molecular complexity index is 409. The number of rotatable bonds is 9. The van der Waals surface area contributed by atoms with Crippen LogP contribution in [0.3, 0.4) is 0 Å². The minimum absolute atomic E-state index is 0.0380. The van der Waals surface area contributed by atoms with E-state index >= 15 is 0 Å². The Morgan fingerprint density at radius 2 is 1.89 bits per heavy atom. The van der Waals surface area contributed by atoms with Gasteiger partial charge in [0.25, 0.3) is 0 Å². The van der Waals surface area contributed by atoms with Crippen molar-refractivity contribution in [2.24, 2.45) is 5.73 Å². The van der Waals surface area contributed by atoms with Crippen molar-refractivity contribution in [2.75, 3.05) is 6.61 Å². The van der Waals surface area contributed by atoms with Crippen molar-refractivity contribution in [3.05, 3.63) is 29.6 Å². The van der Waals surface area contributed by atoms with Crippen LogP contribution in [-0.2, 0) is 0 Å². The maximum absolute atomic E-state index is 13.6. The molecule has 0 amide bonds. The zero-order valence-corrected chi connectivity index (χ0v) is 12.3. The Labute approximate surface area is 120 Å². The molecule has 106 valence electrons. The van der Waals surface area contributed by atoms with Crippen molar-refractivity contribution in [2.45, 2.75) is 45.4 Å². The van der Waals surface area contributed by atoms with Gasteiger partial charge < -0.3 is 10.5 Å². The van der Waals surface area contributed by atoms with Crippen LogP contribution < -0.4 is 10.5 Å². The van der Waals surface area contributed by atoms with Gasteiger partial charge in [0.05, 0.1) is 12.2 Å². The summed E-state index contributed by atoms with van der Waals surface area (Å²) < 4.78 is 19.1. The molecule has 0 saturated heterocycles. The third kappa shape index (κ3) is 5.55. The first kappa shape index (κ1) is 15.9. The molecular formula is C15H22FNOS. The quantitative estimate of drug-likeness (QED) is 0.545. The zero-order valence-electron chi connectivity index (χ0n) is 11.5. The van der Waals surface area contributed by atoms with Gasteiger partial charge in [-0.15, -0.1) is 0 Å². The van der Waals surface area contributed by atoms with E-state index in [2.05, 4.69) is 6.92 Å². The standard InChI is InChI=1S/C15H22FNOS/c1-2-3-4-5-6-7-11-18-13-10-8-9-12(16)14(13)15(17)19/h8-10H,2-7,11H2,1H3,(H2,17,19). The van der Waals surface area contributed by atoms with Crippen LogP contribution in [0.25, 0.3) is 0 Å². The molecule has 0 saturated carbocycles. The van der Waals surface area contributed by atoms with Crippen LogP contribution in [0.2, 0.25) is 0 Å². The normalized spacial score (nSPS) is 10.4. The van der Waals surface area contributed by atoms with Gasteiger partial charge in [0.2, 0.25) is 0 Å². The van der Waals surface area contributed by atoms with E-state index in [9.17, 15) is 4.39 Å². The summed E-state index contributed by atoms with van der Waals surface area (Å²) in [5.41, 5.74) is 5.72. The fourth-order valence-corrected chi connectivity index (χ4v) is 2.13. The average Bonchev–Trinajstić information content (AvgIpc) is 2.37. The molecule has 2 N–H and O–H groups in total. The van der Waals surface area contributed by atoms with Gasteiger partial charge in [0.15, 0.2) is 0 Å². The Hall–Kier alpha value is -1.16. The van der Waals surface area contributed by atoms with Crippen molar-refractivity contribution >= 4 is 17.2 Å². The van der Waals surface area contributed by atoms with Gasteiger partial charge in [-0.25, -0.2) is 4.39 Å². The van der Waals surface area contributed by atoms with Crippen LogP contribution in [0.15, 0.2) is 18.2 Å². The highest BCUT2D eigenvalue weighted by Gasteiger charge is 2.11. The summed E-state index contributed by atoms with van der Waals surface area (Å²) in [6, 6.07) is 4.65. The topological polar surface area (TPSA) is 35.2 Å². The molecule has 0 fully saturated rings. The molecule has 0 unspecified atom stereocenters. The van der Waals surface area contributed by atoms with Crippen molar-refractivity contribution in [1.29, 1.82) is 0 Å². The number of benzene rings is 1. The smallest absolute Gasteiger partial charge is 0.137 e. The largest absolute Gasteiger partial charge is 0.493 e.